The first kappa shape index (κ1) is 8.24. The topological polar surface area (TPSA) is 29.1 Å². The predicted molar refractivity (Wildman–Crippen MR) is 41.6 cm³/mol. The molecule has 2 nitrogen and oxygen atoms in total. The SMILES string of the molecule is COC([O])c1ccc(C)cc1. The van der Waals surface area contributed by atoms with Crippen molar-refractivity contribution in [2.45, 2.75) is 13.2 Å². The van der Waals surface area contributed by atoms with Crippen LogP contribution in [0.5, 0.6) is 0 Å². The first-order valence-corrected chi connectivity index (χ1v) is 3.49. The van der Waals surface area contributed by atoms with E-state index in [1.54, 1.807) is 12.1 Å². The zero-order valence-corrected chi connectivity index (χ0v) is 6.70. The molecule has 1 aromatic carbocycles. The molecule has 1 unspecified atom stereocenters. The van der Waals surface area contributed by atoms with Crippen LogP contribution in [0.15, 0.2) is 24.3 Å². The van der Waals surface area contributed by atoms with Crippen molar-refractivity contribution in [1.29, 1.82) is 0 Å². The molecule has 59 valence electrons. The van der Waals surface area contributed by atoms with Gasteiger partial charge >= 0.3 is 0 Å². The number of benzene rings is 1. The van der Waals surface area contributed by atoms with Crippen LogP contribution in [0.1, 0.15) is 17.4 Å². The van der Waals surface area contributed by atoms with Crippen LogP contribution >= 0.6 is 0 Å². The Bertz CT molecular complexity index is 216. The highest BCUT2D eigenvalue weighted by Gasteiger charge is 2.05. The van der Waals surface area contributed by atoms with Gasteiger partial charge in [-0.25, -0.2) is 0 Å². The summed E-state index contributed by atoms with van der Waals surface area (Å²) in [6.07, 6.45) is -1.05. The van der Waals surface area contributed by atoms with Gasteiger partial charge in [-0.05, 0) is 6.92 Å². The van der Waals surface area contributed by atoms with Gasteiger partial charge < -0.3 is 4.74 Å². The van der Waals surface area contributed by atoms with E-state index < -0.39 is 6.29 Å². The van der Waals surface area contributed by atoms with E-state index in [1.165, 1.54) is 7.11 Å². The third-order valence-electron chi connectivity index (χ3n) is 1.56. The predicted octanol–water partition coefficient (Wildman–Crippen LogP) is 2.07. The Morgan fingerprint density at radius 1 is 1.27 bits per heavy atom. The Hall–Kier alpha value is -0.860. The lowest BCUT2D eigenvalue weighted by Crippen LogP contribution is -1.96. The van der Waals surface area contributed by atoms with Crippen LogP contribution in [0, 0.1) is 6.92 Å². The lowest BCUT2D eigenvalue weighted by molar-refractivity contribution is -0.123. The Kier molecular flexibility index (Phi) is 2.63. The van der Waals surface area contributed by atoms with Crippen LogP contribution in [0.3, 0.4) is 0 Å². The fourth-order valence-electron chi connectivity index (χ4n) is 0.860. The Balaban J connectivity index is 2.81. The molecule has 0 aliphatic carbocycles. The van der Waals surface area contributed by atoms with Crippen molar-refractivity contribution in [3.8, 4) is 0 Å². The summed E-state index contributed by atoms with van der Waals surface area (Å²) in [4.78, 5) is 0. The van der Waals surface area contributed by atoms with Gasteiger partial charge in [0, 0.05) is 12.7 Å². The third kappa shape index (κ3) is 2.03. The quantitative estimate of drug-likeness (QED) is 0.595. The first-order chi connectivity index (χ1) is 5.24. The summed E-state index contributed by atoms with van der Waals surface area (Å²) in [5.74, 6) is 0. The number of ether oxygens (including phenoxy) is 1. The second-order valence-electron chi connectivity index (χ2n) is 2.48. The van der Waals surface area contributed by atoms with E-state index in [1.807, 2.05) is 19.1 Å². The van der Waals surface area contributed by atoms with E-state index in [-0.39, 0.29) is 0 Å². The van der Waals surface area contributed by atoms with Crippen molar-refractivity contribution in [1.82, 2.24) is 0 Å². The number of aryl methyl sites for hydroxylation is 1. The zero-order valence-electron chi connectivity index (χ0n) is 6.70. The molecule has 0 aliphatic heterocycles. The minimum absolute atomic E-state index is 0.679. The monoisotopic (exact) mass is 151 g/mol. The minimum atomic E-state index is -1.05. The standard InChI is InChI=1S/C9H11O2/c1-7-3-5-8(6-4-7)9(10)11-2/h3-6,9H,1-2H3. The van der Waals surface area contributed by atoms with E-state index in [0.717, 1.165) is 5.56 Å². The normalized spacial score (nSPS) is 13.0. The molecular formula is C9H11O2. The summed E-state index contributed by atoms with van der Waals surface area (Å²) in [5.41, 5.74) is 1.83. The van der Waals surface area contributed by atoms with Gasteiger partial charge in [0.15, 0.2) is 0 Å². The highest BCUT2D eigenvalue weighted by atomic mass is 16.6. The largest absolute Gasteiger partial charge is 0.349 e. The summed E-state index contributed by atoms with van der Waals surface area (Å²) in [5, 5.41) is 11.0. The smallest absolute Gasteiger partial charge is 0.217 e. The average molecular weight is 151 g/mol. The summed E-state index contributed by atoms with van der Waals surface area (Å²) in [7, 11) is 1.41. The van der Waals surface area contributed by atoms with Crippen LogP contribution in [-0.4, -0.2) is 7.11 Å². The summed E-state index contributed by atoms with van der Waals surface area (Å²) >= 11 is 0. The number of hydrogen-bond acceptors (Lipinski definition) is 1. The van der Waals surface area contributed by atoms with Gasteiger partial charge in [-0.2, -0.15) is 5.11 Å². The van der Waals surface area contributed by atoms with Crippen molar-refractivity contribution in [3.63, 3.8) is 0 Å². The van der Waals surface area contributed by atoms with Crippen LogP contribution in [-0.2, 0) is 9.84 Å². The maximum Gasteiger partial charge on any atom is 0.217 e. The van der Waals surface area contributed by atoms with E-state index >= 15 is 0 Å². The number of hydrogen-bond donors (Lipinski definition) is 0. The molecule has 2 heteroatoms. The molecule has 1 radical (unpaired) electrons. The van der Waals surface area contributed by atoms with Gasteiger partial charge in [0.1, 0.15) is 0 Å². The summed E-state index contributed by atoms with van der Waals surface area (Å²) in [6, 6.07) is 7.38. The molecule has 0 N–H and O–H groups in total. The summed E-state index contributed by atoms with van der Waals surface area (Å²) in [6.45, 7) is 1.98. The highest BCUT2D eigenvalue weighted by molar-refractivity contribution is 5.21. The molecule has 0 fully saturated rings. The molecule has 1 aromatic rings. The van der Waals surface area contributed by atoms with Gasteiger partial charge in [-0.3, -0.25) is 0 Å². The number of methoxy groups -OCH3 is 1. The molecule has 0 aliphatic rings. The van der Waals surface area contributed by atoms with Crippen molar-refractivity contribution in [3.05, 3.63) is 35.4 Å². The molecule has 1 rings (SSSR count). The van der Waals surface area contributed by atoms with Crippen molar-refractivity contribution >= 4 is 0 Å². The summed E-state index contributed by atoms with van der Waals surface area (Å²) < 4.78 is 4.62. The van der Waals surface area contributed by atoms with E-state index in [2.05, 4.69) is 4.74 Å². The van der Waals surface area contributed by atoms with Crippen LogP contribution in [0.4, 0.5) is 0 Å². The van der Waals surface area contributed by atoms with Crippen molar-refractivity contribution < 1.29 is 9.84 Å². The third-order valence-corrected chi connectivity index (χ3v) is 1.56. The van der Waals surface area contributed by atoms with E-state index in [4.69, 9.17) is 0 Å². The van der Waals surface area contributed by atoms with Gasteiger partial charge in [0.2, 0.25) is 6.29 Å². The van der Waals surface area contributed by atoms with Crippen LogP contribution < -0.4 is 0 Å². The molecule has 0 aromatic heterocycles. The van der Waals surface area contributed by atoms with E-state index in [9.17, 15) is 5.11 Å². The molecule has 0 saturated heterocycles. The van der Waals surface area contributed by atoms with Gasteiger partial charge in [-0.1, -0.05) is 29.8 Å². The van der Waals surface area contributed by atoms with Gasteiger partial charge in [0.25, 0.3) is 0 Å². The van der Waals surface area contributed by atoms with Crippen molar-refractivity contribution in [2.24, 2.45) is 0 Å². The molecule has 0 amide bonds. The maximum absolute atomic E-state index is 11.0. The number of rotatable bonds is 2. The Labute approximate surface area is 66.4 Å². The van der Waals surface area contributed by atoms with Crippen LogP contribution in [0.2, 0.25) is 0 Å². The van der Waals surface area contributed by atoms with E-state index in [0.29, 0.717) is 5.56 Å². The second-order valence-corrected chi connectivity index (χ2v) is 2.48. The molecule has 0 bridgehead atoms. The highest BCUT2D eigenvalue weighted by Crippen LogP contribution is 2.13. The Morgan fingerprint density at radius 2 is 1.82 bits per heavy atom. The molecular weight excluding hydrogens is 140 g/mol. The molecule has 0 spiro atoms. The molecule has 0 saturated carbocycles. The molecule has 0 heterocycles. The van der Waals surface area contributed by atoms with Crippen molar-refractivity contribution in [2.75, 3.05) is 7.11 Å². The zero-order chi connectivity index (χ0) is 8.27. The maximum atomic E-state index is 11.0. The Morgan fingerprint density at radius 3 is 2.27 bits per heavy atom. The lowest BCUT2D eigenvalue weighted by Gasteiger charge is -2.05. The second kappa shape index (κ2) is 3.51. The lowest BCUT2D eigenvalue weighted by atomic mass is 10.1. The van der Waals surface area contributed by atoms with Crippen LogP contribution in [0.25, 0.3) is 0 Å². The minimum Gasteiger partial charge on any atom is -0.349 e. The first-order valence-electron chi connectivity index (χ1n) is 3.49. The average Bonchev–Trinajstić information content (AvgIpc) is 2.05. The van der Waals surface area contributed by atoms with Gasteiger partial charge in [-0.15, -0.1) is 0 Å². The fraction of sp³-hybridized carbons (Fsp3) is 0.333. The molecule has 11 heavy (non-hydrogen) atoms. The fourth-order valence-corrected chi connectivity index (χ4v) is 0.860. The molecule has 1 atom stereocenters. The van der Waals surface area contributed by atoms with Gasteiger partial charge in [0.05, 0.1) is 0 Å².